The van der Waals surface area contributed by atoms with Crippen LogP contribution in [0.1, 0.15) is 13.8 Å². The van der Waals surface area contributed by atoms with Gasteiger partial charge in [0.2, 0.25) is 0 Å². The highest BCUT2D eigenvalue weighted by Gasteiger charge is 2.42. The minimum absolute atomic E-state index is 0.106. The standard InChI is InChI=1S/C7H11NO2/c1-7(2)9-5-3-8-4-6(5)10-7/h3,5-6H,4H2,1-2H3. The topological polar surface area (TPSA) is 30.8 Å². The minimum atomic E-state index is -0.401. The van der Waals surface area contributed by atoms with Crippen molar-refractivity contribution in [3.8, 4) is 0 Å². The summed E-state index contributed by atoms with van der Waals surface area (Å²) >= 11 is 0. The van der Waals surface area contributed by atoms with Crippen LogP contribution < -0.4 is 0 Å². The van der Waals surface area contributed by atoms with E-state index < -0.39 is 5.79 Å². The van der Waals surface area contributed by atoms with Gasteiger partial charge in [-0.25, -0.2) is 0 Å². The second-order valence-corrected chi connectivity index (χ2v) is 3.15. The maximum atomic E-state index is 5.53. The number of fused-ring (bicyclic) bond motifs is 1. The molecule has 56 valence electrons. The largest absolute Gasteiger partial charge is 0.342 e. The normalized spacial score (nSPS) is 42.2. The molecule has 2 aliphatic rings. The molecule has 2 atom stereocenters. The lowest BCUT2D eigenvalue weighted by atomic mass is 10.3. The lowest BCUT2D eigenvalue weighted by Gasteiger charge is -2.16. The zero-order valence-electron chi connectivity index (χ0n) is 6.20. The van der Waals surface area contributed by atoms with Gasteiger partial charge in [-0.15, -0.1) is 0 Å². The van der Waals surface area contributed by atoms with Gasteiger partial charge < -0.3 is 9.47 Å². The Bertz CT molecular complexity index is 176. The summed E-state index contributed by atoms with van der Waals surface area (Å²) in [5.41, 5.74) is 0. The molecule has 0 aromatic carbocycles. The van der Waals surface area contributed by atoms with Crippen LogP contribution in [0.4, 0.5) is 0 Å². The highest BCUT2D eigenvalue weighted by molar-refractivity contribution is 5.67. The van der Waals surface area contributed by atoms with Crippen LogP contribution >= 0.6 is 0 Å². The van der Waals surface area contributed by atoms with Gasteiger partial charge in [0.05, 0.1) is 6.54 Å². The first-order valence-electron chi connectivity index (χ1n) is 3.53. The fourth-order valence-electron chi connectivity index (χ4n) is 1.40. The first kappa shape index (κ1) is 6.31. The molecule has 2 unspecified atom stereocenters. The third-order valence-electron chi connectivity index (χ3n) is 1.76. The van der Waals surface area contributed by atoms with Gasteiger partial charge in [0, 0.05) is 6.21 Å². The molecular formula is C7H11NO2. The highest BCUT2D eigenvalue weighted by atomic mass is 16.8. The van der Waals surface area contributed by atoms with Gasteiger partial charge >= 0.3 is 0 Å². The SMILES string of the molecule is CC1(C)OC2C=NCC2O1. The van der Waals surface area contributed by atoms with Crippen LogP contribution in [0.2, 0.25) is 0 Å². The number of rotatable bonds is 0. The summed E-state index contributed by atoms with van der Waals surface area (Å²) in [6.45, 7) is 4.62. The van der Waals surface area contributed by atoms with Crippen LogP contribution in [0.15, 0.2) is 4.99 Å². The predicted octanol–water partition coefficient (Wildman–Crippen LogP) is 0.591. The molecule has 1 saturated heterocycles. The predicted molar refractivity (Wildman–Crippen MR) is 37.2 cm³/mol. The Hall–Kier alpha value is -0.410. The van der Waals surface area contributed by atoms with Crippen molar-refractivity contribution >= 4 is 6.21 Å². The van der Waals surface area contributed by atoms with E-state index in [9.17, 15) is 0 Å². The summed E-state index contributed by atoms with van der Waals surface area (Å²) < 4.78 is 11.0. The van der Waals surface area contributed by atoms with Crippen LogP contribution in [0.25, 0.3) is 0 Å². The molecule has 0 spiro atoms. The number of ether oxygens (including phenoxy) is 2. The Morgan fingerprint density at radius 2 is 2.30 bits per heavy atom. The molecule has 0 N–H and O–H groups in total. The Kier molecular flexibility index (Phi) is 1.13. The number of hydrogen-bond acceptors (Lipinski definition) is 3. The van der Waals surface area contributed by atoms with E-state index in [-0.39, 0.29) is 12.2 Å². The molecule has 2 aliphatic heterocycles. The lowest BCUT2D eigenvalue weighted by molar-refractivity contribution is -0.141. The molecule has 0 aromatic rings. The molecule has 2 heterocycles. The quantitative estimate of drug-likeness (QED) is 0.494. The lowest BCUT2D eigenvalue weighted by Crippen LogP contribution is -2.22. The average molecular weight is 141 g/mol. The second kappa shape index (κ2) is 1.80. The first-order chi connectivity index (χ1) is 4.67. The first-order valence-corrected chi connectivity index (χ1v) is 3.53. The van der Waals surface area contributed by atoms with Gasteiger partial charge in [-0.1, -0.05) is 0 Å². The van der Waals surface area contributed by atoms with Crippen LogP contribution in [0, 0.1) is 0 Å². The summed E-state index contributed by atoms with van der Waals surface area (Å²) in [5.74, 6) is -0.401. The zero-order valence-corrected chi connectivity index (χ0v) is 6.20. The van der Waals surface area contributed by atoms with Crippen molar-refractivity contribution in [2.75, 3.05) is 6.54 Å². The van der Waals surface area contributed by atoms with E-state index in [4.69, 9.17) is 9.47 Å². The zero-order chi connectivity index (χ0) is 7.19. The second-order valence-electron chi connectivity index (χ2n) is 3.15. The van der Waals surface area contributed by atoms with Gasteiger partial charge in [0.1, 0.15) is 12.2 Å². The monoisotopic (exact) mass is 141 g/mol. The molecular weight excluding hydrogens is 130 g/mol. The molecule has 1 fully saturated rings. The van der Waals surface area contributed by atoms with Crippen LogP contribution in [0.3, 0.4) is 0 Å². The van der Waals surface area contributed by atoms with Gasteiger partial charge in [-0.2, -0.15) is 0 Å². The summed E-state index contributed by atoms with van der Waals surface area (Å²) in [6.07, 6.45) is 2.12. The molecule has 0 bridgehead atoms. The molecule has 0 saturated carbocycles. The van der Waals surface area contributed by atoms with E-state index in [0.717, 1.165) is 6.54 Å². The van der Waals surface area contributed by atoms with Crippen molar-refractivity contribution in [3.05, 3.63) is 0 Å². The van der Waals surface area contributed by atoms with Gasteiger partial charge in [-0.3, -0.25) is 4.99 Å². The number of aliphatic imine (C=N–C) groups is 1. The number of hydrogen-bond donors (Lipinski definition) is 0. The van der Waals surface area contributed by atoms with Crippen molar-refractivity contribution in [1.29, 1.82) is 0 Å². The van der Waals surface area contributed by atoms with E-state index in [1.54, 1.807) is 0 Å². The Balaban J connectivity index is 2.13. The molecule has 10 heavy (non-hydrogen) atoms. The van der Waals surface area contributed by atoms with Crippen molar-refractivity contribution in [3.63, 3.8) is 0 Å². The fraction of sp³-hybridized carbons (Fsp3) is 0.857. The summed E-state index contributed by atoms with van der Waals surface area (Å²) in [4.78, 5) is 4.06. The highest BCUT2D eigenvalue weighted by Crippen LogP contribution is 2.29. The minimum Gasteiger partial charge on any atom is -0.342 e. The number of nitrogens with zero attached hydrogens (tertiary/aromatic N) is 1. The molecule has 0 aliphatic carbocycles. The van der Waals surface area contributed by atoms with Crippen LogP contribution in [-0.2, 0) is 9.47 Å². The van der Waals surface area contributed by atoms with Gasteiger partial charge in [0.25, 0.3) is 0 Å². The molecule has 2 rings (SSSR count). The fourth-order valence-corrected chi connectivity index (χ4v) is 1.40. The van der Waals surface area contributed by atoms with Gasteiger partial charge in [-0.05, 0) is 13.8 Å². The van der Waals surface area contributed by atoms with E-state index in [2.05, 4.69) is 4.99 Å². The molecule has 0 amide bonds. The van der Waals surface area contributed by atoms with E-state index >= 15 is 0 Å². The van der Waals surface area contributed by atoms with E-state index in [0.29, 0.717) is 0 Å². The Morgan fingerprint density at radius 1 is 1.50 bits per heavy atom. The van der Waals surface area contributed by atoms with Crippen molar-refractivity contribution in [2.45, 2.75) is 31.8 Å². The third-order valence-corrected chi connectivity index (χ3v) is 1.76. The molecule has 0 aromatic heterocycles. The van der Waals surface area contributed by atoms with E-state index in [1.165, 1.54) is 0 Å². The van der Waals surface area contributed by atoms with Crippen LogP contribution in [-0.4, -0.2) is 30.8 Å². The van der Waals surface area contributed by atoms with Crippen molar-refractivity contribution in [2.24, 2.45) is 4.99 Å². The summed E-state index contributed by atoms with van der Waals surface area (Å²) in [6, 6.07) is 0. The van der Waals surface area contributed by atoms with Gasteiger partial charge in [0.15, 0.2) is 5.79 Å². The maximum absolute atomic E-state index is 5.53. The molecule has 3 heteroatoms. The smallest absolute Gasteiger partial charge is 0.164 e. The Morgan fingerprint density at radius 3 is 3.00 bits per heavy atom. The third kappa shape index (κ3) is 0.859. The Labute approximate surface area is 60.0 Å². The molecule has 3 nitrogen and oxygen atoms in total. The summed E-state index contributed by atoms with van der Waals surface area (Å²) in [5, 5.41) is 0. The van der Waals surface area contributed by atoms with Crippen molar-refractivity contribution < 1.29 is 9.47 Å². The van der Waals surface area contributed by atoms with E-state index in [1.807, 2.05) is 20.1 Å². The van der Waals surface area contributed by atoms with Crippen molar-refractivity contribution in [1.82, 2.24) is 0 Å². The average Bonchev–Trinajstić information content (AvgIpc) is 2.20. The van der Waals surface area contributed by atoms with Crippen LogP contribution in [0.5, 0.6) is 0 Å². The molecule has 0 radical (unpaired) electrons. The summed E-state index contributed by atoms with van der Waals surface area (Å²) in [7, 11) is 0. The maximum Gasteiger partial charge on any atom is 0.164 e.